The van der Waals surface area contributed by atoms with Crippen molar-refractivity contribution in [2.24, 2.45) is 5.92 Å². The highest BCUT2D eigenvalue weighted by molar-refractivity contribution is 6.33. The average molecular weight is 317 g/mol. The van der Waals surface area contributed by atoms with E-state index in [4.69, 9.17) is 27.9 Å². The van der Waals surface area contributed by atoms with E-state index >= 15 is 0 Å². The highest BCUT2D eigenvalue weighted by Crippen LogP contribution is 2.38. The molecule has 1 saturated carbocycles. The van der Waals surface area contributed by atoms with Gasteiger partial charge in [0.05, 0.1) is 11.7 Å². The van der Waals surface area contributed by atoms with Gasteiger partial charge in [-0.2, -0.15) is 0 Å². The maximum absolute atomic E-state index is 10.7. The lowest BCUT2D eigenvalue weighted by atomic mass is 9.74. The third-order valence-corrected chi connectivity index (χ3v) is 5.03. The second-order valence-corrected chi connectivity index (χ2v) is 6.77. The molecular formula is C16H22Cl2O2. The molecule has 0 aliphatic heterocycles. The Morgan fingerprint density at radius 3 is 2.85 bits per heavy atom. The van der Waals surface area contributed by atoms with Crippen LogP contribution >= 0.6 is 23.2 Å². The smallest absolute Gasteiger partial charge is 0.0942 e. The van der Waals surface area contributed by atoms with Crippen molar-refractivity contribution in [3.8, 4) is 0 Å². The van der Waals surface area contributed by atoms with Gasteiger partial charge in [-0.05, 0) is 42.5 Å². The van der Waals surface area contributed by atoms with Crippen LogP contribution < -0.4 is 0 Å². The van der Waals surface area contributed by atoms with Crippen molar-refractivity contribution in [1.29, 1.82) is 0 Å². The van der Waals surface area contributed by atoms with Crippen molar-refractivity contribution in [2.75, 3.05) is 7.11 Å². The summed E-state index contributed by atoms with van der Waals surface area (Å²) in [5.74, 6) is 0.577. The first kappa shape index (κ1) is 16.1. The molecule has 1 aromatic rings. The van der Waals surface area contributed by atoms with Gasteiger partial charge in [0.15, 0.2) is 0 Å². The van der Waals surface area contributed by atoms with Gasteiger partial charge in [0.25, 0.3) is 0 Å². The van der Waals surface area contributed by atoms with Gasteiger partial charge >= 0.3 is 0 Å². The van der Waals surface area contributed by atoms with Crippen molar-refractivity contribution in [2.45, 2.75) is 50.7 Å². The van der Waals surface area contributed by atoms with Gasteiger partial charge in [0.1, 0.15) is 0 Å². The standard InChI is InChI=1S/C16H22Cl2O2/c1-11-4-3-7-16(10-11,20-2)15(19)9-12-8-13(17)5-6-14(12)18/h5-6,8,11,15,19H,3-4,7,9-10H2,1-2H3. The van der Waals surface area contributed by atoms with Crippen LogP contribution in [0, 0.1) is 5.92 Å². The molecule has 0 amide bonds. The second-order valence-electron chi connectivity index (χ2n) is 5.93. The normalized spacial score (nSPS) is 28.4. The Bertz CT molecular complexity index is 464. The zero-order chi connectivity index (χ0) is 14.8. The van der Waals surface area contributed by atoms with E-state index in [0.29, 0.717) is 22.4 Å². The number of halogens is 2. The predicted molar refractivity (Wildman–Crippen MR) is 83.5 cm³/mol. The van der Waals surface area contributed by atoms with E-state index in [9.17, 15) is 5.11 Å². The van der Waals surface area contributed by atoms with Gasteiger partial charge in [0.2, 0.25) is 0 Å². The monoisotopic (exact) mass is 316 g/mol. The third kappa shape index (κ3) is 3.48. The Kier molecular flexibility index (Phi) is 5.36. The summed E-state index contributed by atoms with van der Waals surface area (Å²) in [6.07, 6.45) is 3.99. The minimum absolute atomic E-state index is 0.455. The van der Waals surface area contributed by atoms with E-state index < -0.39 is 11.7 Å². The van der Waals surface area contributed by atoms with Crippen LogP contribution in [-0.2, 0) is 11.2 Å². The van der Waals surface area contributed by atoms with E-state index in [1.165, 1.54) is 6.42 Å². The van der Waals surface area contributed by atoms with E-state index in [1.807, 2.05) is 6.07 Å². The van der Waals surface area contributed by atoms with Gasteiger partial charge in [-0.3, -0.25) is 0 Å². The molecule has 20 heavy (non-hydrogen) atoms. The maximum Gasteiger partial charge on any atom is 0.0942 e. The Balaban J connectivity index is 2.16. The fourth-order valence-corrected chi connectivity index (χ4v) is 3.65. The zero-order valence-corrected chi connectivity index (χ0v) is 13.5. The Morgan fingerprint density at radius 2 is 2.20 bits per heavy atom. The summed E-state index contributed by atoms with van der Waals surface area (Å²) in [6.45, 7) is 2.21. The summed E-state index contributed by atoms with van der Waals surface area (Å²) in [4.78, 5) is 0. The molecule has 0 bridgehead atoms. The molecule has 0 radical (unpaired) electrons. The molecule has 0 spiro atoms. The molecule has 2 rings (SSSR count). The maximum atomic E-state index is 10.7. The molecule has 112 valence electrons. The van der Waals surface area contributed by atoms with Crippen LogP contribution in [0.1, 0.15) is 38.2 Å². The molecule has 2 nitrogen and oxygen atoms in total. The van der Waals surface area contributed by atoms with Gasteiger partial charge in [-0.15, -0.1) is 0 Å². The summed E-state index contributed by atoms with van der Waals surface area (Å²) >= 11 is 12.2. The van der Waals surface area contributed by atoms with Gasteiger partial charge in [-0.1, -0.05) is 43.0 Å². The number of ether oxygens (including phenoxy) is 1. The number of aliphatic hydroxyl groups excluding tert-OH is 1. The first-order valence-corrected chi connectivity index (χ1v) is 7.89. The van der Waals surface area contributed by atoms with Crippen molar-refractivity contribution in [1.82, 2.24) is 0 Å². The third-order valence-electron chi connectivity index (χ3n) is 4.43. The topological polar surface area (TPSA) is 29.5 Å². The van der Waals surface area contributed by atoms with Crippen LogP contribution in [-0.4, -0.2) is 23.9 Å². The molecular weight excluding hydrogens is 295 g/mol. The molecule has 1 fully saturated rings. The predicted octanol–water partition coefficient (Wildman–Crippen LogP) is 4.49. The minimum Gasteiger partial charge on any atom is -0.390 e. The lowest BCUT2D eigenvalue weighted by Crippen LogP contribution is -2.48. The van der Waals surface area contributed by atoms with E-state index in [0.717, 1.165) is 24.8 Å². The van der Waals surface area contributed by atoms with Crippen LogP contribution in [0.4, 0.5) is 0 Å². The van der Waals surface area contributed by atoms with Crippen LogP contribution in [0.2, 0.25) is 10.0 Å². The number of aliphatic hydroxyl groups is 1. The van der Waals surface area contributed by atoms with Crippen LogP contribution in [0.25, 0.3) is 0 Å². The fourth-order valence-electron chi connectivity index (χ4n) is 3.26. The van der Waals surface area contributed by atoms with Gasteiger partial charge in [0, 0.05) is 23.6 Å². The lowest BCUT2D eigenvalue weighted by Gasteiger charge is -2.42. The molecule has 0 heterocycles. The molecule has 1 aliphatic rings. The van der Waals surface area contributed by atoms with Crippen molar-refractivity contribution < 1.29 is 9.84 Å². The summed E-state index contributed by atoms with van der Waals surface area (Å²) in [7, 11) is 1.70. The van der Waals surface area contributed by atoms with Crippen LogP contribution in [0.5, 0.6) is 0 Å². The Hall–Kier alpha value is -0.280. The fraction of sp³-hybridized carbons (Fsp3) is 0.625. The van der Waals surface area contributed by atoms with Crippen molar-refractivity contribution in [3.05, 3.63) is 33.8 Å². The number of hydrogen-bond acceptors (Lipinski definition) is 2. The first-order valence-electron chi connectivity index (χ1n) is 7.14. The molecule has 0 aromatic heterocycles. The molecule has 3 unspecified atom stereocenters. The Morgan fingerprint density at radius 1 is 1.45 bits per heavy atom. The summed E-state index contributed by atoms with van der Waals surface area (Å²) in [5, 5.41) is 12.0. The van der Waals surface area contributed by atoms with Crippen LogP contribution in [0.15, 0.2) is 18.2 Å². The number of hydrogen-bond donors (Lipinski definition) is 1. The minimum atomic E-state index is -0.564. The van der Waals surface area contributed by atoms with Crippen molar-refractivity contribution in [3.63, 3.8) is 0 Å². The van der Waals surface area contributed by atoms with E-state index in [1.54, 1.807) is 19.2 Å². The summed E-state index contributed by atoms with van der Waals surface area (Å²) in [5.41, 5.74) is 0.421. The molecule has 0 saturated heterocycles. The van der Waals surface area contributed by atoms with E-state index in [2.05, 4.69) is 6.92 Å². The van der Waals surface area contributed by atoms with Crippen molar-refractivity contribution >= 4 is 23.2 Å². The summed E-state index contributed by atoms with van der Waals surface area (Å²) in [6, 6.07) is 5.35. The Labute approximate surface area is 131 Å². The SMILES string of the molecule is COC1(C(O)Cc2cc(Cl)ccc2Cl)CCCC(C)C1. The first-order chi connectivity index (χ1) is 9.47. The van der Waals surface area contributed by atoms with E-state index in [-0.39, 0.29) is 0 Å². The molecule has 3 atom stereocenters. The second kappa shape index (κ2) is 6.65. The number of benzene rings is 1. The van der Waals surface area contributed by atoms with Crippen LogP contribution in [0.3, 0.4) is 0 Å². The quantitative estimate of drug-likeness (QED) is 0.886. The van der Waals surface area contributed by atoms with Gasteiger partial charge < -0.3 is 9.84 Å². The highest BCUT2D eigenvalue weighted by atomic mass is 35.5. The lowest BCUT2D eigenvalue weighted by molar-refractivity contribution is -0.131. The molecule has 1 aromatic carbocycles. The van der Waals surface area contributed by atoms with Gasteiger partial charge in [-0.25, -0.2) is 0 Å². The summed E-state index contributed by atoms with van der Waals surface area (Å²) < 4.78 is 5.73. The molecule has 4 heteroatoms. The molecule has 1 aliphatic carbocycles. The highest BCUT2D eigenvalue weighted by Gasteiger charge is 2.41. The zero-order valence-electron chi connectivity index (χ0n) is 12.0. The number of rotatable bonds is 4. The average Bonchev–Trinajstić information content (AvgIpc) is 2.42. The molecule has 1 N–H and O–H groups in total. The number of methoxy groups -OCH3 is 1. The largest absolute Gasteiger partial charge is 0.390 e.